The van der Waals surface area contributed by atoms with E-state index in [1.807, 2.05) is 42.5 Å². The van der Waals surface area contributed by atoms with Crippen LogP contribution in [0.4, 0.5) is 5.82 Å². The van der Waals surface area contributed by atoms with Crippen LogP contribution in [0, 0.1) is 0 Å². The first-order valence-electron chi connectivity index (χ1n) is 7.36. The van der Waals surface area contributed by atoms with Crippen LogP contribution < -0.4 is 9.64 Å². The highest BCUT2D eigenvalue weighted by Gasteiger charge is 2.17. The third-order valence-electron chi connectivity index (χ3n) is 3.42. The molecule has 24 heavy (non-hydrogen) atoms. The van der Waals surface area contributed by atoms with Gasteiger partial charge in [0.15, 0.2) is 0 Å². The number of benzene rings is 2. The van der Waals surface area contributed by atoms with Gasteiger partial charge in [-0.25, -0.2) is 4.98 Å². The largest absolute Gasteiger partial charge is 0.457 e. The van der Waals surface area contributed by atoms with Gasteiger partial charge in [-0.15, -0.1) is 0 Å². The molecule has 0 spiro atoms. The molecule has 0 aliphatic heterocycles. The molecule has 0 N–H and O–H groups in total. The fraction of sp³-hybridized carbons (Fsp3) is 0.0526. The monoisotopic (exact) mass is 382 g/mol. The van der Waals surface area contributed by atoms with E-state index in [2.05, 4.69) is 20.9 Å². The molecule has 0 aliphatic rings. The Morgan fingerprint density at radius 3 is 2.50 bits per heavy atom. The minimum atomic E-state index is -0.159. The molecule has 3 rings (SSSR count). The van der Waals surface area contributed by atoms with Gasteiger partial charge in [0.05, 0.1) is 4.47 Å². The maximum Gasteiger partial charge on any atom is 0.259 e. The zero-order valence-corrected chi connectivity index (χ0v) is 14.6. The third-order valence-corrected chi connectivity index (χ3v) is 4.04. The molecule has 0 radical (unpaired) electrons. The minimum Gasteiger partial charge on any atom is -0.457 e. The van der Waals surface area contributed by atoms with E-state index in [1.54, 1.807) is 37.5 Å². The van der Waals surface area contributed by atoms with Gasteiger partial charge >= 0.3 is 0 Å². The van der Waals surface area contributed by atoms with Crippen molar-refractivity contribution in [3.8, 4) is 11.5 Å². The van der Waals surface area contributed by atoms with Gasteiger partial charge in [-0.2, -0.15) is 0 Å². The number of ether oxygens (including phenoxy) is 1. The van der Waals surface area contributed by atoms with Crippen molar-refractivity contribution in [3.63, 3.8) is 0 Å². The maximum atomic E-state index is 12.7. The minimum absolute atomic E-state index is 0.159. The number of pyridine rings is 1. The van der Waals surface area contributed by atoms with E-state index in [4.69, 9.17) is 4.74 Å². The maximum absolute atomic E-state index is 12.7. The van der Waals surface area contributed by atoms with Crippen molar-refractivity contribution in [2.24, 2.45) is 0 Å². The lowest BCUT2D eigenvalue weighted by atomic mass is 10.2. The summed E-state index contributed by atoms with van der Waals surface area (Å²) in [6, 6.07) is 20.2. The fourth-order valence-corrected chi connectivity index (χ4v) is 2.75. The summed E-state index contributed by atoms with van der Waals surface area (Å²) in [6.07, 6.45) is 1.65. The predicted molar refractivity (Wildman–Crippen MR) is 97.6 cm³/mol. The number of anilines is 1. The number of hydrogen-bond acceptors (Lipinski definition) is 3. The Hall–Kier alpha value is -2.66. The van der Waals surface area contributed by atoms with Crippen LogP contribution in [-0.2, 0) is 0 Å². The topological polar surface area (TPSA) is 42.4 Å². The van der Waals surface area contributed by atoms with Crippen LogP contribution in [0.25, 0.3) is 0 Å². The average molecular weight is 383 g/mol. The van der Waals surface area contributed by atoms with E-state index in [0.717, 1.165) is 10.2 Å². The quantitative estimate of drug-likeness (QED) is 0.643. The van der Waals surface area contributed by atoms with Crippen LogP contribution in [0.3, 0.4) is 0 Å². The molecule has 0 aliphatic carbocycles. The molecule has 2 aromatic carbocycles. The molecular formula is C19H15BrN2O2. The number of carbonyl (C=O) groups is 1. The van der Waals surface area contributed by atoms with Crippen molar-refractivity contribution in [1.82, 2.24) is 4.98 Å². The summed E-state index contributed by atoms with van der Waals surface area (Å²) in [5.74, 6) is 1.74. The summed E-state index contributed by atoms with van der Waals surface area (Å²) in [6.45, 7) is 0. The number of carbonyl (C=O) groups excluding carboxylic acids is 1. The Balaban J connectivity index is 1.83. The Kier molecular flexibility index (Phi) is 4.91. The molecule has 0 saturated carbocycles. The molecule has 0 atom stereocenters. The van der Waals surface area contributed by atoms with Crippen LogP contribution in [-0.4, -0.2) is 17.9 Å². The summed E-state index contributed by atoms with van der Waals surface area (Å²) >= 11 is 3.42. The normalized spacial score (nSPS) is 10.2. The fourth-order valence-electron chi connectivity index (χ4n) is 2.23. The van der Waals surface area contributed by atoms with Gasteiger partial charge < -0.3 is 4.74 Å². The summed E-state index contributed by atoms with van der Waals surface area (Å²) in [7, 11) is 1.69. The highest BCUT2D eigenvalue weighted by Crippen LogP contribution is 2.25. The van der Waals surface area contributed by atoms with Crippen LogP contribution >= 0.6 is 15.9 Å². The summed E-state index contributed by atoms with van der Waals surface area (Å²) < 4.78 is 6.54. The zero-order valence-electron chi connectivity index (χ0n) is 13.0. The third kappa shape index (κ3) is 3.63. The number of aromatic nitrogens is 1. The molecule has 0 fully saturated rings. The van der Waals surface area contributed by atoms with Gasteiger partial charge in [-0.05, 0) is 58.4 Å². The number of rotatable bonds is 4. The summed E-state index contributed by atoms with van der Waals surface area (Å²) in [5, 5.41) is 0. The predicted octanol–water partition coefficient (Wildman–Crippen LogP) is 4.91. The van der Waals surface area contributed by atoms with E-state index < -0.39 is 0 Å². The van der Waals surface area contributed by atoms with E-state index in [-0.39, 0.29) is 5.91 Å². The van der Waals surface area contributed by atoms with Gasteiger partial charge in [0, 0.05) is 18.8 Å². The molecule has 0 saturated heterocycles. The summed E-state index contributed by atoms with van der Waals surface area (Å²) in [5.41, 5.74) is 0.531. The van der Waals surface area contributed by atoms with E-state index >= 15 is 0 Å². The molecule has 1 aromatic heterocycles. The molecular weight excluding hydrogens is 368 g/mol. The number of halogens is 1. The highest BCUT2D eigenvalue weighted by molar-refractivity contribution is 9.10. The highest BCUT2D eigenvalue weighted by atomic mass is 79.9. The first-order chi connectivity index (χ1) is 11.6. The summed E-state index contributed by atoms with van der Waals surface area (Å²) in [4.78, 5) is 18.5. The lowest BCUT2D eigenvalue weighted by Crippen LogP contribution is -2.27. The van der Waals surface area contributed by atoms with Crippen molar-refractivity contribution in [1.29, 1.82) is 0 Å². The van der Waals surface area contributed by atoms with E-state index in [9.17, 15) is 4.79 Å². The van der Waals surface area contributed by atoms with Crippen LogP contribution in [0.15, 0.2) is 77.4 Å². The van der Waals surface area contributed by atoms with E-state index in [0.29, 0.717) is 17.1 Å². The van der Waals surface area contributed by atoms with Crippen molar-refractivity contribution >= 4 is 27.7 Å². The van der Waals surface area contributed by atoms with Crippen LogP contribution in [0.5, 0.6) is 11.5 Å². The lowest BCUT2D eigenvalue weighted by Gasteiger charge is -2.18. The second kappa shape index (κ2) is 7.27. The Morgan fingerprint density at radius 2 is 1.75 bits per heavy atom. The van der Waals surface area contributed by atoms with Crippen molar-refractivity contribution in [2.45, 2.75) is 0 Å². The Bertz CT molecular complexity index is 853. The SMILES string of the molecule is CN(C(=O)c1cccc(Oc2ccccc2)c1)c1ncccc1Br. The first-order valence-corrected chi connectivity index (χ1v) is 8.16. The average Bonchev–Trinajstić information content (AvgIpc) is 2.62. The molecule has 120 valence electrons. The van der Waals surface area contributed by atoms with Gasteiger partial charge in [0.25, 0.3) is 5.91 Å². The Labute approximate surface area is 148 Å². The van der Waals surface area contributed by atoms with Crippen LogP contribution in [0.2, 0.25) is 0 Å². The smallest absolute Gasteiger partial charge is 0.259 e. The van der Waals surface area contributed by atoms with Crippen molar-refractivity contribution in [2.75, 3.05) is 11.9 Å². The van der Waals surface area contributed by atoms with Crippen molar-refractivity contribution < 1.29 is 9.53 Å². The molecule has 5 heteroatoms. The van der Waals surface area contributed by atoms with Crippen LogP contribution in [0.1, 0.15) is 10.4 Å². The number of para-hydroxylation sites is 1. The second-order valence-electron chi connectivity index (χ2n) is 5.12. The molecule has 1 amide bonds. The van der Waals surface area contributed by atoms with Crippen molar-refractivity contribution in [3.05, 3.63) is 83.0 Å². The standard InChI is InChI=1S/C19H15BrN2O2/c1-22(18-17(20)11-6-12-21-18)19(23)14-7-5-10-16(13-14)24-15-8-3-2-4-9-15/h2-13H,1H3. The lowest BCUT2D eigenvalue weighted by molar-refractivity contribution is 0.0992. The molecule has 0 bridgehead atoms. The number of hydrogen-bond donors (Lipinski definition) is 0. The second-order valence-corrected chi connectivity index (χ2v) is 5.97. The van der Waals surface area contributed by atoms with Gasteiger partial charge in [0.2, 0.25) is 0 Å². The van der Waals surface area contributed by atoms with E-state index in [1.165, 1.54) is 4.90 Å². The number of amides is 1. The Morgan fingerprint density at radius 1 is 1.00 bits per heavy atom. The van der Waals surface area contributed by atoms with Gasteiger partial charge in [0.1, 0.15) is 17.3 Å². The molecule has 3 aromatic rings. The van der Waals surface area contributed by atoms with Gasteiger partial charge in [-0.1, -0.05) is 24.3 Å². The molecule has 4 nitrogen and oxygen atoms in total. The molecule has 1 heterocycles. The zero-order chi connectivity index (χ0) is 16.9. The number of nitrogens with zero attached hydrogens (tertiary/aromatic N) is 2. The van der Waals surface area contributed by atoms with Gasteiger partial charge in [-0.3, -0.25) is 9.69 Å². The molecule has 0 unspecified atom stereocenters. The first kappa shape index (κ1) is 16.2.